The molecule has 4 nitrogen and oxygen atoms in total. The Morgan fingerprint density at radius 1 is 1.24 bits per heavy atom. The molecule has 21 heavy (non-hydrogen) atoms. The summed E-state index contributed by atoms with van der Waals surface area (Å²) in [5, 5.41) is 2.61. The van der Waals surface area contributed by atoms with Crippen molar-refractivity contribution >= 4 is 6.09 Å². The molecule has 0 radical (unpaired) electrons. The molecular weight excluding hydrogens is 285 g/mol. The van der Waals surface area contributed by atoms with Gasteiger partial charge in [-0.2, -0.15) is 13.2 Å². The lowest BCUT2D eigenvalue weighted by Gasteiger charge is -2.32. The predicted octanol–water partition coefficient (Wildman–Crippen LogP) is 2.90. The molecular formula is C14H17F3N2O2. The van der Waals surface area contributed by atoms with E-state index >= 15 is 0 Å². The van der Waals surface area contributed by atoms with E-state index in [-0.39, 0.29) is 38.6 Å². The number of rotatable bonds is 3. The number of hydrogen-bond acceptors (Lipinski definition) is 3. The summed E-state index contributed by atoms with van der Waals surface area (Å²) in [5.74, 6) is 0. The minimum absolute atomic E-state index is 0.104. The molecule has 1 fully saturated rings. The summed E-state index contributed by atoms with van der Waals surface area (Å²) < 4.78 is 42.4. The summed E-state index contributed by atoms with van der Waals surface area (Å²) in [4.78, 5) is 12.1. The lowest BCUT2D eigenvalue weighted by Crippen LogP contribution is -2.49. The van der Waals surface area contributed by atoms with Crippen LogP contribution in [0.2, 0.25) is 0 Å². The quantitative estimate of drug-likeness (QED) is 0.873. The number of likely N-dealkylation sites (tertiary alicyclic amines) is 1. The molecule has 1 aliphatic rings. The van der Waals surface area contributed by atoms with Gasteiger partial charge >= 0.3 is 12.4 Å². The fourth-order valence-corrected chi connectivity index (χ4v) is 2.21. The molecule has 116 valence electrons. The van der Waals surface area contributed by atoms with Crippen LogP contribution in [0, 0.1) is 0 Å². The SMILES string of the molecule is O=C(NC1CCN(C(F)(F)F)CC1)OCc1ccccc1. The highest BCUT2D eigenvalue weighted by Crippen LogP contribution is 2.25. The van der Waals surface area contributed by atoms with Crippen molar-refractivity contribution in [1.82, 2.24) is 10.2 Å². The lowest BCUT2D eigenvalue weighted by atomic mass is 10.1. The summed E-state index contributed by atoms with van der Waals surface area (Å²) in [6, 6.07) is 8.92. The number of carbonyl (C=O) groups excluding carboxylic acids is 1. The van der Waals surface area contributed by atoms with Gasteiger partial charge in [0.25, 0.3) is 0 Å². The highest BCUT2D eigenvalue weighted by atomic mass is 19.4. The van der Waals surface area contributed by atoms with Gasteiger partial charge in [0, 0.05) is 19.1 Å². The van der Waals surface area contributed by atoms with Crippen LogP contribution in [0.5, 0.6) is 0 Å². The Morgan fingerprint density at radius 2 is 1.86 bits per heavy atom. The third kappa shape index (κ3) is 4.93. The van der Waals surface area contributed by atoms with Gasteiger partial charge in [0.05, 0.1) is 0 Å². The molecule has 0 bridgehead atoms. The van der Waals surface area contributed by atoms with Crippen LogP contribution in [-0.4, -0.2) is 36.4 Å². The number of alkyl carbamates (subject to hydrolysis) is 1. The van der Waals surface area contributed by atoms with Gasteiger partial charge in [-0.05, 0) is 18.4 Å². The second-order valence-electron chi connectivity index (χ2n) is 4.94. The van der Waals surface area contributed by atoms with Crippen molar-refractivity contribution in [1.29, 1.82) is 0 Å². The van der Waals surface area contributed by atoms with E-state index in [2.05, 4.69) is 5.32 Å². The van der Waals surface area contributed by atoms with E-state index in [9.17, 15) is 18.0 Å². The third-order valence-electron chi connectivity index (χ3n) is 3.39. The van der Waals surface area contributed by atoms with Crippen molar-refractivity contribution in [3.8, 4) is 0 Å². The van der Waals surface area contributed by atoms with Crippen LogP contribution in [-0.2, 0) is 11.3 Å². The Balaban J connectivity index is 1.70. The van der Waals surface area contributed by atoms with Crippen molar-refractivity contribution in [3.05, 3.63) is 35.9 Å². The number of hydrogen-bond donors (Lipinski definition) is 1. The summed E-state index contributed by atoms with van der Waals surface area (Å²) in [6.45, 7) is -0.0612. The second kappa shape index (κ2) is 6.80. The van der Waals surface area contributed by atoms with Gasteiger partial charge in [0.2, 0.25) is 0 Å². The van der Waals surface area contributed by atoms with Crippen molar-refractivity contribution in [2.24, 2.45) is 0 Å². The first-order valence-corrected chi connectivity index (χ1v) is 6.74. The zero-order valence-corrected chi connectivity index (χ0v) is 11.4. The number of nitrogens with one attached hydrogen (secondary N) is 1. The van der Waals surface area contributed by atoms with Gasteiger partial charge in [-0.25, -0.2) is 9.69 Å². The number of benzene rings is 1. The first-order valence-electron chi connectivity index (χ1n) is 6.74. The summed E-state index contributed by atoms with van der Waals surface area (Å²) in [5.41, 5.74) is 0.861. The maximum absolute atomic E-state index is 12.5. The van der Waals surface area contributed by atoms with E-state index in [1.807, 2.05) is 30.3 Å². The van der Waals surface area contributed by atoms with E-state index in [0.29, 0.717) is 4.90 Å². The second-order valence-corrected chi connectivity index (χ2v) is 4.94. The first-order chi connectivity index (χ1) is 9.95. The molecule has 0 unspecified atom stereocenters. The van der Waals surface area contributed by atoms with Gasteiger partial charge in [-0.3, -0.25) is 0 Å². The summed E-state index contributed by atoms with van der Waals surface area (Å²) >= 11 is 0. The Hall–Kier alpha value is -1.76. The average molecular weight is 302 g/mol. The van der Waals surface area contributed by atoms with Gasteiger partial charge in [0.1, 0.15) is 6.61 Å². The van der Waals surface area contributed by atoms with Crippen molar-refractivity contribution < 1.29 is 22.7 Å². The van der Waals surface area contributed by atoms with Crippen molar-refractivity contribution in [3.63, 3.8) is 0 Å². The Labute approximate surface area is 120 Å². The summed E-state index contributed by atoms with van der Waals surface area (Å²) in [7, 11) is 0. The summed E-state index contributed by atoms with van der Waals surface area (Å²) in [6.07, 6.45) is -4.36. The van der Waals surface area contributed by atoms with Gasteiger partial charge in [-0.15, -0.1) is 0 Å². The van der Waals surface area contributed by atoms with E-state index < -0.39 is 12.4 Å². The van der Waals surface area contributed by atoms with Gasteiger partial charge in [-0.1, -0.05) is 30.3 Å². The van der Waals surface area contributed by atoms with Crippen LogP contribution < -0.4 is 5.32 Å². The molecule has 0 spiro atoms. The third-order valence-corrected chi connectivity index (χ3v) is 3.39. The van der Waals surface area contributed by atoms with Gasteiger partial charge in [0.15, 0.2) is 0 Å². The molecule has 1 amide bonds. The van der Waals surface area contributed by atoms with Crippen LogP contribution in [0.4, 0.5) is 18.0 Å². The minimum atomic E-state index is -4.29. The molecule has 1 saturated heterocycles. The number of nitrogens with zero attached hydrogens (tertiary/aromatic N) is 1. The van der Waals surface area contributed by atoms with E-state index in [0.717, 1.165) is 5.56 Å². The molecule has 1 N–H and O–H groups in total. The number of alkyl halides is 3. The predicted molar refractivity (Wildman–Crippen MR) is 70.4 cm³/mol. The fourth-order valence-electron chi connectivity index (χ4n) is 2.21. The number of amides is 1. The van der Waals surface area contributed by atoms with Crippen LogP contribution >= 0.6 is 0 Å². The van der Waals surface area contributed by atoms with Crippen LogP contribution in [0.1, 0.15) is 18.4 Å². The van der Waals surface area contributed by atoms with Crippen molar-refractivity contribution in [2.45, 2.75) is 31.8 Å². The number of piperidine rings is 1. The maximum atomic E-state index is 12.5. The molecule has 1 aromatic rings. The minimum Gasteiger partial charge on any atom is -0.445 e. The van der Waals surface area contributed by atoms with Crippen molar-refractivity contribution in [2.75, 3.05) is 13.1 Å². The highest BCUT2D eigenvalue weighted by molar-refractivity contribution is 5.67. The van der Waals surface area contributed by atoms with Crippen LogP contribution in [0.25, 0.3) is 0 Å². The van der Waals surface area contributed by atoms with E-state index in [4.69, 9.17) is 4.74 Å². The monoisotopic (exact) mass is 302 g/mol. The van der Waals surface area contributed by atoms with Gasteiger partial charge < -0.3 is 10.1 Å². The normalized spacial score (nSPS) is 17.5. The molecule has 0 aliphatic carbocycles. The largest absolute Gasteiger partial charge is 0.459 e. The zero-order chi connectivity index (χ0) is 15.3. The van der Waals surface area contributed by atoms with E-state index in [1.165, 1.54) is 0 Å². The molecule has 1 aromatic carbocycles. The Morgan fingerprint density at radius 3 is 2.43 bits per heavy atom. The molecule has 2 rings (SSSR count). The Bertz CT molecular complexity index is 457. The molecule has 1 aliphatic heterocycles. The highest BCUT2D eigenvalue weighted by Gasteiger charge is 2.39. The lowest BCUT2D eigenvalue weighted by molar-refractivity contribution is -0.250. The average Bonchev–Trinajstić information content (AvgIpc) is 2.46. The standard InChI is InChI=1S/C14H17F3N2O2/c15-14(16,17)19-8-6-12(7-9-19)18-13(20)21-10-11-4-2-1-3-5-11/h1-5,12H,6-10H2,(H,18,20). The topological polar surface area (TPSA) is 41.6 Å². The molecule has 0 aromatic heterocycles. The zero-order valence-electron chi connectivity index (χ0n) is 11.4. The van der Waals surface area contributed by atoms with Crippen LogP contribution in [0.3, 0.4) is 0 Å². The molecule has 0 atom stereocenters. The number of ether oxygens (including phenoxy) is 1. The molecule has 0 saturated carbocycles. The number of carbonyl (C=O) groups is 1. The number of halogens is 3. The molecule has 7 heteroatoms. The molecule has 1 heterocycles. The maximum Gasteiger partial charge on any atom is 0.459 e. The van der Waals surface area contributed by atoms with E-state index in [1.54, 1.807) is 0 Å². The Kier molecular flexibility index (Phi) is 5.06. The fraction of sp³-hybridized carbons (Fsp3) is 0.500. The smallest absolute Gasteiger partial charge is 0.445 e. The van der Waals surface area contributed by atoms with Crippen LogP contribution in [0.15, 0.2) is 30.3 Å². The first kappa shape index (κ1) is 15.6.